The zero-order valence-corrected chi connectivity index (χ0v) is 18.6. The Balaban J connectivity index is 1.56. The van der Waals surface area contributed by atoms with Crippen LogP contribution in [0.1, 0.15) is 28.4 Å². The van der Waals surface area contributed by atoms with E-state index in [4.69, 9.17) is 39.5 Å². The highest BCUT2D eigenvalue weighted by Crippen LogP contribution is 2.40. The SMILES string of the molecule is COc1ccc(C(=O)NC(N2CC3C[C@@H](C2)c2cccc(=O)n2C3)C(Cl)(Cl)Cl)cc1. The molecular formula is C21H22Cl3N3O3. The molecule has 1 N–H and O–H groups in total. The zero-order valence-electron chi connectivity index (χ0n) is 16.4. The lowest BCUT2D eigenvalue weighted by molar-refractivity contribution is 0.0586. The van der Waals surface area contributed by atoms with Gasteiger partial charge in [0.25, 0.3) is 11.5 Å². The molecule has 0 saturated carbocycles. The highest BCUT2D eigenvalue weighted by molar-refractivity contribution is 6.68. The fraction of sp³-hybridized carbons (Fsp3) is 0.429. The van der Waals surface area contributed by atoms with Crippen LogP contribution in [0, 0.1) is 5.92 Å². The molecule has 1 fully saturated rings. The van der Waals surface area contributed by atoms with Crippen LogP contribution >= 0.6 is 34.8 Å². The van der Waals surface area contributed by atoms with Crippen molar-refractivity contribution in [1.82, 2.24) is 14.8 Å². The fourth-order valence-electron chi connectivity index (χ4n) is 4.47. The van der Waals surface area contributed by atoms with Crippen molar-refractivity contribution in [3.63, 3.8) is 0 Å². The van der Waals surface area contributed by atoms with Gasteiger partial charge >= 0.3 is 0 Å². The van der Waals surface area contributed by atoms with E-state index in [1.165, 1.54) is 0 Å². The third-order valence-corrected chi connectivity index (χ3v) is 6.42. The Hall–Kier alpha value is -1.73. The monoisotopic (exact) mass is 469 g/mol. The van der Waals surface area contributed by atoms with E-state index in [0.29, 0.717) is 30.9 Å². The maximum Gasteiger partial charge on any atom is 0.252 e. The van der Waals surface area contributed by atoms with Gasteiger partial charge in [0.2, 0.25) is 3.79 Å². The summed E-state index contributed by atoms with van der Waals surface area (Å²) in [6, 6.07) is 12.1. The molecule has 2 unspecified atom stereocenters. The Morgan fingerprint density at radius 3 is 2.53 bits per heavy atom. The average Bonchev–Trinajstić information content (AvgIpc) is 2.71. The number of alkyl halides is 3. The van der Waals surface area contributed by atoms with Gasteiger partial charge in [-0.15, -0.1) is 0 Å². The number of ether oxygens (including phenoxy) is 1. The van der Waals surface area contributed by atoms with Crippen LogP contribution in [0.2, 0.25) is 0 Å². The summed E-state index contributed by atoms with van der Waals surface area (Å²) >= 11 is 18.9. The minimum Gasteiger partial charge on any atom is -0.497 e. The predicted molar refractivity (Wildman–Crippen MR) is 118 cm³/mol. The minimum atomic E-state index is -1.72. The number of amides is 1. The van der Waals surface area contributed by atoms with Crippen LogP contribution in [0.15, 0.2) is 47.3 Å². The molecule has 0 radical (unpaired) electrons. The van der Waals surface area contributed by atoms with Crippen molar-refractivity contribution < 1.29 is 9.53 Å². The second-order valence-electron chi connectivity index (χ2n) is 7.80. The van der Waals surface area contributed by atoms with Gasteiger partial charge in [0.05, 0.1) is 7.11 Å². The van der Waals surface area contributed by atoms with Crippen molar-refractivity contribution in [3.05, 3.63) is 64.1 Å². The quantitative estimate of drug-likeness (QED) is 0.696. The van der Waals surface area contributed by atoms with Crippen LogP contribution in [0.4, 0.5) is 0 Å². The number of piperidine rings is 1. The molecule has 6 nitrogen and oxygen atoms in total. The Bertz CT molecular complexity index is 987. The first-order valence-corrected chi connectivity index (χ1v) is 10.8. The van der Waals surface area contributed by atoms with E-state index in [2.05, 4.69) is 5.32 Å². The van der Waals surface area contributed by atoms with Gasteiger partial charge in [-0.25, -0.2) is 0 Å². The highest BCUT2D eigenvalue weighted by Gasteiger charge is 2.44. The topological polar surface area (TPSA) is 63.6 Å². The summed E-state index contributed by atoms with van der Waals surface area (Å²) in [4.78, 5) is 27.1. The number of rotatable bonds is 4. The Morgan fingerprint density at radius 1 is 1.13 bits per heavy atom. The molecule has 0 spiro atoms. The van der Waals surface area contributed by atoms with Gasteiger partial charge in [0, 0.05) is 42.9 Å². The largest absolute Gasteiger partial charge is 0.497 e. The number of methoxy groups -OCH3 is 1. The molecule has 30 heavy (non-hydrogen) atoms. The van der Waals surface area contributed by atoms with Crippen molar-refractivity contribution in [2.75, 3.05) is 20.2 Å². The molecule has 1 aromatic carbocycles. The molecule has 3 atom stereocenters. The number of carbonyl (C=O) groups is 1. The van der Waals surface area contributed by atoms with Gasteiger partial charge < -0.3 is 14.6 Å². The maximum absolute atomic E-state index is 12.8. The zero-order chi connectivity index (χ0) is 21.5. The number of pyridine rings is 1. The summed E-state index contributed by atoms with van der Waals surface area (Å²) in [7, 11) is 1.56. The lowest BCUT2D eigenvalue weighted by Gasteiger charge is -2.47. The van der Waals surface area contributed by atoms with Crippen LogP contribution < -0.4 is 15.6 Å². The van der Waals surface area contributed by atoms with Crippen LogP contribution in [0.3, 0.4) is 0 Å². The Morgan fingerprint density at radius 2 is 1.87 bits per heavy atom. The van der Waals surface area contributed by atoms with Gasteiger partial charge in [-0.2, -0.15) is 0 Å². The summed E-state index contributed by atoms with van der Waals surface area (Å²) in [6.45, 7) is 1.83. The van der Waals surface area contributed by atoms with E-state index in [0.717, 1.165) is 12.1 Å². The summed E-state index contributed by atoms with van der Waals surface area (Å²) < 4.78 is 5.26. The standard InChI is InChI=1S/C21H22Cl3N3O3/c1-30-16-7-5-14(6-8-16)19(29)25-20(21(22,23)24)26-10-13-9-15(12-26)17-3-2-4-18(28)27(17)11-13/h2-8,13,15,20H,9-12H2,1H3,(H,25,29)/t13?,15-,20?/m0/s1. The number of fused-ring (bicyclic) bond motifs is 4. The first kappa shape index (κ1) is 21.5. The number of halogens is 3. The first-order chi connectivity index (χ1) is 14.3. The van der Waals surface area contributed by atoms with Gasteiger partial charge in [0.15, 0.2) is 0 Å². The van der Waals surface area contributed by atoms with Gasteiger partial charge in [0.1, 0.15) is 11.9 Å². The fourth-order valence-corrected chi connectivity index (χ4v) is 5.05. The summed E-state index contributed by atoms with van der Waals surface area (Å²) in [6.07, 6.45) is 0.170. The number of hydrogen-bond acceptors (Lipinski definition) is 4. The van der Waals surface area contributed by atoms with E-state index < -0.39 is 9.96 Å². The number of likely N-dealkylation sites (tertiary alicyclic amines) is 1. The third-order valence-electron chi connectivity index (χ3n) is 5.80. The molecule has 1 aromatic heterocycles. The van der Waals surface area contributed by atoms with E-state index in [-0.39, 0.29) is 23.3 Å². The highest BCUT2D eigenvalue weighted by atomic mass is 35.6. The second-order valence-corrected chi connectivity index (χ2v) is 10.2. The van der Waals surface area contributed by atoms with Crippen LogP contribution in [0.5, 0.6) is 5.75 Å². The van der Waals surface area contributed by atoms with E-state index in [1.807, 2.05) is 15.5 Å². The molecule has 2 aliphatic heterocycles. The van der Waals surface area contributed by atoms with Crippen molar-refractivity contribution in [2.24, 2.45) is 5.92 Å². The maximum atomic E-state index is 12.8. The molecule has 9 heteroatoms. The molecule has 0 aliphatic carbocycles. The lowest BCUT2D eigenvalue weighted by Crippen LogP contribution is -2.60. The number of hydrogen-bond donors (Lipinski definition) is 1. The van der Waals surface area contributed by atoms with Crippen molar-refractivity contribution >= 4 is 40.7 Å². The van der Waals surface area contributed by atoms with Gasteiger partial charge in [-0.3, -0.25) is 14.5 Å². The van der Waals surface area contributed by atoms with Crippen LogP contribution in [-0.2, 0) is 6.54 Å². The van der Waals surface area contributed by atoms with E-state index in [1.54, 1.807) is 43.5 Å². The van der Waals surface area contributed by atoms with Crippen LogP contribution in [-0.4, -0.2) is 45.5 Å². The predicted octanol–water partition coefficient (Wildman–Crippen LogP) is 3.40. The number of carbonyl (C=O) groups excluding carboxylic acids is 1. The Labute approximate surface area is 189 Å². The Kier molecular flexibility index (Phi) is 6.04. The van der Waals surface area contributed by atoms with E-state index >= 15 is 0 Å². The van der Waals surface area contributed by atoms with Gasteiger partial charge in [-0.05, 0) is 42.7 Å². The number of nitrogens with one attached hydrogen (secondary N) is 1. The van der Waals surface area contributed by atoms with Gasteiger partial charge in [-0.1, -0.05) is 40.9 Å². The molecule has 160 valence electrons. The molecule has 2 bridgehead atoms. The molecule has 3 heterocycles. The van der Waals surface area contributed by atoms with Crippen molar-refractivity contribution in [2.45, 2.75) is 28.8 Å². The normalized spacial score (nSPS) is 22.1. The lowest BCUT2D eigenvalue weighted by atomic mass is 9.83. The third kappa shape index (κ3) is 4.33. The second kappa shape index (κ2) is 8.42. The number of benzene rings is 1. The molecule has 4 rings (SSSR count). The van der Waals surface area contributed by atoms with Crippen LogP contribution in [0.25, 0.3) is 0 Å². The molecule has 1 amide bonds. The molecule has 1 saturated heterocycles. The first-order valence-electron chi connectivity index (χ1n) is 9.71. The van der Waals surface area contributed by atoms with E-state index in [9.17, 15) is 9.59 Å². The smallest absolute Gasteiger partial charge is 0.252 e. The summed E-state index contributed by atoms with van der Waals surface area (Å²) in [5.74, 6) is 0.701. The number of nitrogens with zero attached hydrogens (tertiary/aromatic N) is 2. The van der Waals surface area contributed by atoms with Crippen molar-refractivity contribution in [3.8, 4) is 5.75 Å². The molecule has 2 aromatic rings. The average molecular weight is 471 g/mol. The molecule has 2 aliphatic rings. The summed E-state index contributed by atoms with van der Waals surface area (Å²) in [5, 5.41) is 2.89. The number of aromatic nitrogens is 1. The minimum absolute atomic E-state index is 0.0152. The molecular weight excluding hydrogens is 449 g/mol. The van der Waals surface area contributed by atoms with Crippen molar-refractivity contribution in [1.29, 1.82) is 0 Å². The summed E-state index contributed by atoms with van der Waals surface area (Å²) in [5.41, 5.74) is 1.46.